The van der Waals surface area contributed by atoms with Crippen molar-refractivity contribution in [2.45, 2.75) is 20.8 Å². The van der Waals surface area contributed by atoms with Gasteiger partial charge in [-0.3, -0.25) is 4.79 Å². The fraction of sp³-hybridized carbons (Fsp3) is 0.333. The molecular weight excluding hydrogens is 190 g/mol. The van der Waals surface area contributed by atoms with Crippen molar-refractivity contribution in [3.8, 4) is 11.8 Å². The van der Waals surface area contributed by atoms with E-state index in [1.165, 1.54) is 18.2 Å². The van der Waals surface area contributed by atoms with Crippen molar-refractivity contribution in [1.82, 2.24) is 0 Å². The Balaban J connectivity index is 3.26. The summed E-state index contributed by atoms with van der Waals surface area (Å²) in [4.78, 5) is 11.9. The van der Waals surface area contributed by atoms with Crippen molar-refractivity contribution in [3.05, 3.63) is 29.3 Å². The van der Waals surface area contributed by atoms with Gasteiger partial charge in [0.05, 0.1) is 17.2 Å². The molecule has 0 aliphatic rings. The van der Waals surface area contributed by atoms with E-state index in [9.17, 15) is 9.90 Å². The monoisotopic (exact) mass is 203 g/mol. The van der Waals surface area contributed by atoms with E-state index in [4.69, 9.17) is 5.26 Å². The summed E-state index contributed by atoms with van der Waals surface area (Å²) in [5, 5.41) is 18.2. The highest BCUT2D eigenvalue weighted by atomic mass is 16.3. The number of hydrogen-bond acceptors (Lipinski definition) is 3. The maximum atomic E-state index is 11.9. The lowest BCUT2D eigenvalue weighted by Gasteiger charge is -2.17. The Labute approximate surface area is 89.0 Å². The third kappa shape index (κ3) is 2.35. The molecule has 1 aromatic rings. The molecule has 1 N–H and O–H groups in total. The van der Waals surface area contributed by atoms with Gasteiger partial charge in [-0.1, -0.05) is 20.8 Å². The molecule has 3 nitrogen and oxygen atoms in total. The van der Waals surface area contributed by atoms with E-state index in [1.807, 2.05) is 6.07 Å². The number of carbonyl (C=O) groups is 1. The van der Waals surface area contributed by atoms with Gasteiger partial charge in [-0.25, -0.2) is 0 Å². The molecule has 0 unspecified atom stereocenters. The number of nitriles is 1. The van der Waals surface area contributed by atoms with Crippen LogP contribution in [0.5, 0.6) is 5.75 Å². The van der Waals surface area contributed by atoms with Gasteiger partial charge in [-0.05, 0) is 18.2 Å². The number of carbonyl (C=O) groups excluding carboxylic acids is 1. The number of hydrogen-bond donors (Lipinski definition) is 1. The third-order valence-corrected chi connectivity index (χ3v) is 2.05. The smallest absolute Gasteiger partial charge is 0.171 e. The van der Waals surface area contributed by atoms with Crippen LogP contribution in [0, 0.1) is 16.7 Å². The van der Waals surface area contributed by atoms with Crippen LogP contribution < -0.4 is 0 Å². The lowest BCUT2D eigenvalue weighted by molar-refractivity contribution is 0.0855. The van der Waals surface area contributed by atoms with Gasteiger partial charge in [0.2, 0.25) is 0 Å². The molecule has 0 fully saturated rings. The Hall–Kier alpha value is -1.82. The molecule has 0 spiro atoms. The van der Waals surface area contributed by atoms with Crippen molar-refractivity contribution >= 4 is 5.78 Å². The summed E-state index contributed by atoms with van der Waals surface area (Å²) in [6.07, 6.45) is 0. The Bertz CT molecular complexity index is 436. The van der Waals surface area contributed by atoms with Crippen molar-refractivity contribution in [2.75, 3.05) is 0 Å². The minimum absolute atomic E-state index is 0.0751. The van der Waals surface area contributed by atoms with E-state index >= 15 is 0 Å². The number of aromatic hydroxyl groups is 1. The normalized spacial score (nSPS) is 10.8. The first kappa shape index (κ1) is 11.3. The van der Waals surface area contributed by atoms with Crippen LogP contribution in [0.4, 0.5) is 0 Å². The Morgan fingerprint density at radius 3 is 2.47 bits per heavy atom. The van der Waals surface area contributed by atoms with Crippen molar-refractivity contribution in [3.63, 3.8) is 0 Å². The first-order valence-electron chi connectivity index (χ1n) is 4.64. The SMILES string of the molecule is CC(C)(C)C(=O)c1cc(C#N)ccc1O. The number of nitrogens with zero attached hydrogens (tertiary/aromatic N) is 1. The van der Waals surface area contributed by atoms with E-state index in [0.717, 1.165) is 0 Å². The van der Waals surface area contributed by atoms with Gasteiger partial charge in [-0.15, -0.1) is 0 Å². The van der Waals surface area contributed by atoms with Gasteiger partial charge in [0, 0.05) is 5.41 Å². The van der Waals surface area contributed by atoms with Gasteiger partial charge < -0.3 is 5.11 Å². The van der Waals surface area contributed by atoms with E-state index in [-0.39, 0.29) is 17.1 Å². The Morgan fingerprint density at radius 1 is 1.40 bits per heavy atom. The second-order valence-electron chi connectivity index (χ2n) is 4.42. The lowest BCUT2D eigenvalue weighted by Crippen LogP contribution is -2.20. The van der Waals surface area contributed by atoms with Crippen LogP contribution in [-0.2, 0) is 0 Å². The highest BCUT2D eigenvalue weighted by Crippen LogP contribution is 2.27. The van der Waals surface area contributed by atoms with Crippen LogP contribution in [0.2, 0.25) is 0 Å². The Morgan fingerprint density at radius 2 is 2.00 bits per heavy atom. The number of phenolic OH excluding ortho intramolecular Hbond substituents is 1. The largest absolute Gasteiger partial charge is 0.507 e. The van der Waals surface area contributed by atoms with Crippen LogP contribution in [-0.4, -0.2) is 10.9 Å². The molecule has 0 atom stereocenters. The fourth-order valence-corrected chi connectivity index (χ4v) is 1.19. The first-order valence-corrected chi connectivity index (χ1v) is 4.64. The lowest BCUT2D eigenvalue weighted by atomic mass is 9.86. The number of Topliss-reactive ketones (excluding diaryl/α,β-unsaturated/α-hetero) is 1. The molecule has 0 aliphatic heterocycles. The summed E-state index contributed by atoms with van der Waals surface area (Å²) >= 11 is 0. The number of benzene rings is 1. The molecular formula is C12H13NO2. The van der Waals surface area contributed by atoms with E-state index in [0.29, 0.717) is 5.56 Å². The summed E-state index contributed by atoms with van der Waals surface area (Å²) in [5.74, 6) is -0.244. The van der Waals surface area contributed by atoms with Crippen LogP contribution in [0.25, 0.3) is 0 Å². The molecule has 0 saturated carbocycles. The molecule has 1 aromatic carbocycles. The molecule has 3 heteroatoms. The second-order valence-corrected chi connectivity index (χ2v) is 4.42. The maximum absolute atomic E-state index is 11.9. The molecule has 0 bridgehead atoms. The zero-order valence-electron chi connectivity index (χ0n) is 9.03. The molecule has 15 heavy (non-hydrogen) atoms. The topological polar surface area (TPSA) is 61.1 Å². The molecule has 0 aliphatic carbocycles. The fourth-order valence-electron chi connectivity index (χ4n) is 1.19. The maximum Gasteiger partial charge on any atom is 0.171 e. The van der Waals surface area contributed by atoms with Crippen LogP contribution >= 0.6 is 0 Å². The minimum atomic E-state index is -0.564. The molecule has 0 radical (unpaired) electrons. The van der Waals surface area contributed by atoms with Gasteiger partial charge in [-0.2, -0.15) is 5.26 Å². The summed E-state index contributed by atoms with van der Waals surface area (Å²) in [7, 11) is 0. The molecule has 0 aromatic heterocycles. The summed E-state index contributed by atoms with van der Waals surface area (Å²) < 4.78 is 0. The predicted molar refractivity (Wildman–Crippen MR) is 56.6 cm³/mol. The average Bonchev–Trinajstić information content (AvgIpc) is 2.16. The highest BCUT2D eigenvalue weighted by Gasteiger charge is 2.25. The quantitative estimate of drug-likeness (QED) is 0.713. The van der Waals surface area contributed by atoms with E-state index in [2.05, 4.69) is 0 Å². The zero-order valence-corrected chi connectivity index (χ0v) is 9.03. The zero-order chi connectivity index (χ0) is 11.6. The Kier molecular flexibility index (Phi) is 2.81. The molecule has 1 rings (SSSR count). The van der Waals surface area contributed by atoms with Crippen LogP contribution in [0.1, 0.15) is 36.7 Å². The summed E-state index contributed by atoms with van der Waals surface area (Å²) in [6, 6.07) is 6.21. The van der Waals surface area contributed by atoms with Gasteiger partial charge in [0.1, 0.15) is 5.75 Å². The van der Waals surface area contributed by atoms with Gasteiger partial charge >= 0.3 is 0 Å². The summed E-state index contributed by atoms with van der Waals surface area (Å²) in [5.41, 5.74) is 0.0212. The van der Waals surface area contributed by atoms with Gasteiger partial charge in [0.15, 0.2) is 5.78 Å². The van der Waals surface area contributed by atoms with Crippen LogP contribution in [0.15, 0.2) is 18.2 Å². The van der Waals surface area contributed by atoms with E-state index < -0.39 is 5.41 Å². The molecule has 0 amide bonds. The van der Waals surface area contributed by atoms with Crippen molar-refractivity contribution in [2.24, 2.45) is 5.41 Å². The minimum Gasteiger partial charge on any atom is -0.507 e. The third-order valence-electron chi connectivity index (χ3n) is 2.05. The van der Waals surface area contributed by atoms with Crippen molar-refractivity contribution in [1.29, 1.82) is 5.26 Å². The highest BCUT2D eigenvalue weighted by molar-refractivity contribution is 6.02. The van der Waals surface area contributed by atoms with Gasteiger partial charge in [0.25, 0.3) is 0 Å². The number of rotatable bonds is 1. The summed E-state index contributed by atoms with van der Waals surface area (Å²) in [6.45, 7) is 5.31. The first-order chi connectivity index (χ1) is 6.86. The second kappa shape index (κ2) is 3.74. The average molecular weight is 203 g/mol. The molecule has 0 saturated heterocycles. The molecule has 0 heterocycles. The van der Waals surface area contributed by atoms with Crippen LogP contribution in [0.3, 0.4) is 0 Å². The predicted octanol–water partition coefficient (Wildman–Crippen LogP) is 2.49. The molecule has 78 valence electrons. The van der Waals surface area contributed by atoms with E-state index in [1.54, 1.807) is 20.8 Å². The van der Waals surface area contributed by atoms with Crippen molar-refractivity contribution < 1.29 is 9.90 Å². The number of phenols is 1. The number of ketones is 1. The standard InChI is InChI=1S/C12H13NO2/c1-12(2,3)11(15)9-6-8(7-13)4-5-10(9)14/h4-6,14H,1-3H3.